The molecule has 1 saturated carbocycles. The summed E-state index contributed by atoms with van der Waals surface area (Å²) in [4.78, 5) is 0. The second-order valence-electron chi connectivity index (χ2n) is 4.90. The molecule has 1 aromatic rings. The van der Waals surface area contributed by atoms with Gasteiger partial charge in [0.15, 0.2) is 0 Å². The van der Waals surface area contributed by atoms with Crippen LogP contribution in [0.25, 0.3) is 0 Å². The predicted octanol–water partition coefficient (Wildman–Crippen LogP) is 2.74. The number of benzene rings is 1. The van der Waals surface area contributed by atoms with Gasteiger partial charge in [0.05, 0.1) is 12.7 Å². The van der Waals surface area contributed by atoms with Crippen LogP contribution in [0.1, 0.15) is 48.0 Å². The molecule has 1 fully saturated rings. The van der Waals surface area contributed by atoms with Crippen molar-refractivity contribution in [2.24, 2.45) is 0 Å². The highest BCUT2D eigenvalue weighted by Gasteiger charge is 2.29. The average Bonchev–Trinajstić information content (AvgIpc) is 2.61. The van der Waals surface area contributed by atoms with Crippen LogP contribution in [0, 0.1) is 0 Å². The summed E-state index contributed by atoms with van der Waals surface area (Å²) < 4.78 is 5.86. The molecule has 16 heavy (non-hydrogen) atoms. The molecule has 0 unspecified atom stereocenters. The molecule has 1 aromatic carbocycles. The summed E-state index contributed by atoms with van der Waals surface area (Å²) in [7, 11) is 1.98. The molecule has 0 radical (unpaired) electrons. The van der Waals surface area contributed by atoms with E-state index in [0.29, 0.717) is 0 Å². The van der Waals surface area contributed by atoms with Crippen LogP contribution in [0.2, 0.25) is 0 Å². The Balaban J connectivity index is 1.92. The van der Waals surface area contributed by atoms with Gasteiger partial charge in [-0.1, -0.05) is 24.6 Å². The maximum Gasteiger partial charge on any atom is 0.0957 e. The highest BCUT2D eigenvalue weighted by Crippen LogP contribution is 2.42. The molecule has 1 N–H and O–H groups in total. The fourth-order valence-electron chi connectivity index (χ4n) is 2.82. The molecule has 0 saturated heterocycles. The summed E-state index contributed by atoms with van der Waals surface area (Å²) in [5, 5.41) is 3.20. The minimum atomic E-state index is 0.264. The Morgan fingerprint density at radius 2 is 2.12 bits per heavy atom. The number of likely N-dealkylation sites (N-methyl/N-ethyl adjacent to an activating group) is 1. The van der Waals surface area contributed by atoms with E-state index >= 15 is 0 Å². The standard InChI is InChI=1S/C14H19NO/c1-15-8-14-12-7-3-6-11(10-4-2-5-10)13(12)9-16-14/h3,6-7,10,14-15H,2,4-5,8-9H2,1H3/t14-/m0/s1. The van der Waals surface area contributed by atoms with Gasteiger partial charge in [0.2, 0.25) is 0 Å². The van der Waals surface area contributed by atoms with Crippen molar-refractivity contribution < 1.29 is 4.74 Å². The Labute approximate surface area is 97.0 Å². The normalized spacial score (nSPS) is 24.2. The summed E-state index contributed by atoms with van der Waals surface area (Å²) in [6, 6.07) is 6.73. The van der Waals surface area contributed by atoms with Crippen LogP contribution in [0.3, 0.4) is 0 Å². The van der Waals surface area contributed by atoms with E-state index < -0.39 is 0 Å². The first-order chi connectivity index (χ1) is 7.90. The van der Waals surface area contributed by atoms with Crippen LogP contribution in [-0.2, 0) is 11.3 Å². The molecule has 0 aromatic heterocycles. The van der Waals surface area contributed by atoms with Gasteiger partial charge in [0.1, 0.15) is 0 Å². The third-order valence-electron chi connectivity index (χ3n) is 3.96. The molecule has 1 aliphatic heterocycles. The van der Waals surface area contributed by atoms with Crippen LogP contribution in [0.5, 0.6) is 0 Å². The second kappa shape index (κ2) is 4.19. The van der Waals surface area contributed by atoms with E-state index in [1.807, 2.05) is 7.05 Å². The van der Waals surface area contributed by atoms with E-state index in [2.05, 4.69) is 23.5 Å². The Morgan fingerprint density at radius 3 is 2.81 bits per heavy atom. The topological polar surface area (TPSA) is 21.3 Å². The maximum atomic E-state index is 5.86. The molecule has 0 spiro atoms. The number of rotatable bonds is 3. The first-order valence-corrected chi connectivity index (χ1v) is 6.28. The Bertz CT molecular complexity index is 384. The summed E-state index contributed by atoms with van der Waals surface area (Å²) in [6.07, 6.45) is 4.40. The molecule has 2 aliphatic rings. The first-order valence-electron chi connectivity index (χ1n) is 6.28. The zero-order chi connectivity index (χ0) is 11.0. The van der Waals surface area contributed by atoms with Gasteiger partial charge < -0.3 is 10.1 Å². The van der Waals surface area contributed by atoms with E-state index in [1.165, 1.54) is 30.4 Å². The van der Waals surface area contributed by atoms with Crippen molar-refractivity contribution >= 4 is 0 Å². The SMILES string of the molecule is CNC[C@@H]1OCc2c(C3CCC3)cccc21. The number of hydrogen-bond acceptors (Lipinski definition) is 2. The van der Waals surface area contributed by atoms with Crippen molar-refractivity contribution in [1.82, 2.24) is 5.32 Å². The minimum Gasteiger partial charge on any atom is -0.367 e. The smallest absolute Gasteiger partial charge is 0.0957 e. The summed E-state index contributed by atoms with van der Waals surface area (Å²) in [6.45, 7) is 1.73. The number of hydrogen-bond donors (Lipinski definition) is 1. The van der Waals surface area contributed by atoms with Gasteiger partial charge in [-0.05, 0) is 42.5 Å². The summed E-state index contributed by atoms with van der Waals surface area (Å²) >= 11 is 0. The zero-order valence-electron chi connectivity index (χ0n) is 9.83. The number of nitrogens with one attached hydrogen (secondary N) is 1. The van der Waals surface area contributed by atoms with Crippen molar-refractivity contribution in [2.75, 3.05) is 13.6 Å². The minimum absolute atomic E-state index is 0.264. The Morgan fingerprint density at radius 1 is 1.31 bits per heavy atom. The largest absolute Gasteiger partial charge is 0.367 e. The highest BCUT2D eigenvalue weighted by atomic mass is 16.5. The van der Waals surface area contributed by atoms with E-state index in [9.17, 15) is 0 Å². The van der Waals surface area contributed by atoms with Gasteiger partial charge in [-0.2, -0.15) is 0 Å². The number of ether oxygens (including phenoxy) is 1. The fraction of sp³-hybridized carbons (Fsp3) is 0.571. The Hall–Kier alpha value is -0.860. The first kappa shape index (κ1) is 10.3. The van der Waals surface area contributed by atoms with Gasteiger partial charge in [0.25, 0.3) is 0 Å². The monoisotopic (exact) mass is 217 g/mol. The summed E-state index contributed by atoms with van der Waals surface area (Å²) in [5.41, 5.74) is 4.45. The lowest BCUT2D eigenvalue weighted by molar-refractivity contribution is 0.0671. The molecule has 2 nitrogen and oxygen atoms in total. The van der Waals surface area contributed by atoms with Crippen molar-refractivity contribution in [1.29, 1.82) is 0 Å². The van der Waals surface area contributed by atoms with E-state index in [0.717, 1.165) is 19.1 Å². The van der Waals surface area contributed by atoms with Gasteiger partial charge in [-0.3, -0.25) is 0 Å². The molecular weight excluding hydrogens is 198 g/mol. The molecule has 2 heteroatoms. The van der Waals surface area contributed by atoms with Gasteiger partial charge >= 0.3 is 0 Å². The zero-order valence-corrected chi connectivity index (χ0v) is 9.83. The summed E-state index contributed by atoms with van der Waals surface area (Å²) in [5.74, 6) is 0.812. The van der Waals surface area contributed by atoms with Gasteiger partial charge in [-0.15, -0.1) is 0 Å². The third kappa shape index (κ3) is 1.57. The molecule has 1 atom stereocenters. The van der Waals surface area contributed by atoms with Gasteiger partial charge in [0, 0.05) is 6.54 Å². The van der Waals surface area contributed by atoms with Crippen LogP contribution < -0.4 is 5.32 Å². The van der Waals surface area contributed by atoms with Crippen LogP contribution in [0.4, 0.5) is 0 Å². The van der Waals surface area contributed by atoms with E-state index in [-0.39, 0.29) is 6.10 Å². The van der Waals surface area contributed by atoms with Crippen molar-refractivity contribution in [3.8, 4) is 0 Å². The third-order valence-corrected chi connectivity index (χ3v) is 3.96. The Kier molecular flexibility index (Phi) is 2.70. The molecule has 1 aliphatic carbocycles. The lowest BCUT2D eigenvalue weighted by atomic mass is 9.77. The lowest BCUT2D eigenvalue weighted by Gasteiger charge is -2.27. The molecule has 1 heterocycles. The molecule has 0 amide bonds. The van der Waals surface area contributed by atoms with Crippen molar-refractivity contribution in [2.45, 2.75) is 37.9 Å². The highest BCUT2D eigenvalue weighted by molar-refractivity contribution is 5.41. The van der Waals surface area contributed by atoms with Crippen molar-refractivity contribution in [3.05, 3.63) is 34.9 Å². The fourth-order valence-corrected chi connectivity index (χ4v) is 2.82. The molecule has 0 bridgehead atoms. The second-order valence-corrected chi connectivity index (χ2v) is 4.90. The molecule has 86 valence electrons. The van der Waals surface area contributed by atoms with Crippen LogP contribution in [0.15, 0.2) is 18.2 Å². The lowest BCUT2D eigenvalue weighted by Crippen LogP contribution is -2.16. The molecular formula is C14H19NO. The maximum absolute atomic E-state index is 5.86. The average molecular weight is 217 g/mol. The predicted molar refractivity (Wildman–Crippen MR) is 64.5 cm³/mol. The van der Waals surface area contributed by atoms with Crippen LogP contribution >= 0.6 is 0 Å². The molecule has 3 rings (SSSR count). The van der Waals surface area contributed by atoms with Gasteiger partial charge in [-0.25, -0.2) is 0 Å². The van der Waals surface area contributed by atoms with E-state index in [4.69, 9.17) is 4.74 Å². The van der Waals surface area contributed by atoms with E-state index in [1.54, 1.807) is 5.56 Å². The van der Waals surface area contributed by atoms with Crippen LogP contribution in [-0.4, -0.2) is 13.6 Å². The quantitative estimate of drug-likeness (QED) is 0.840. The number of fused-ring (bicyclic) bond motifs is 1. The van der Waals surface area contributed by atoms with Crippen molar-refractivity contribution in [3.63, 3.8) is 0 Å².